The van der Waals surface area contributed by atoms with Gasteiger partial charge in [0.05, 0.1) is 11.9 Å². The van der Waals surface area contributed by atoms with Crippen LogP contribution in [0.2, 0.25) is 0 Å². The smallest absolute Gasteiger partial charge is 0.214 e. The average molecular weight is 354 g/mol. The van der Waals surface area contributed by atoms with Crippen molar-refractivity contribution in [1.82, 2.24) is 4.72 Å². The van der Waals surface area contributed by atoms with Crippen LogP contribution in [0.3, 0.4) is 0 Å². The monoisotopic (exact) mass is 353 g/mol. The van der Waals surface area contributed by atoms with E-state index in [0.29, 0.717) is 13.2 Å². The SMILES string of the molecule is O=S(=O)(CC1CCCO1)NCC1(CBr)CCCCC1. The summed E-state index contributed by atoms with van der Waals surface area (Å²) in [7, 11) is -3.21. The molecule has 0 aromatic heterocycles. The summed E-state index contributed by atoms with van der Waals surface area (Å²) in [6, 6.07) is 0. The Hall–Kier alpha value is 0.350. The number of ether oxygens (including phenoxy) is 1. The van der Waals surface area contributed by atoms with E-state index >= 15 is 0 Å². The van der Waals surface area contributed by atoms with E-state index in [1.165, 1.54) is 19.3 Å². The minimum atomic E-state index is -3.21. The first kappa shape index (κ1) is 15.7. The van der Waals surface area contributed by atoms with Crippen LogP contribution in [0.1, 0.15) is 44.9 Å². The average Bonchev–Trinajstić information content (AvgIpc) is 2.90. The third kappa shape index (κ3) is 4.69. The van der Waals surface area contributed by atoms with E-state index in [0.717, 1.165) is 31.0 Å². The van der Waals surface area contributed by atoms with Crippen LogP contribution in [0.25, 0.3) is 0 Å². The Kier molecular flexibility index (Phi) is 5.69. The van der Waals surface area contributed by atoms with Crippen molar-refractivity contribution in [3.8, 4) is 0 Å². The summed E-state index contributed by atoms with van der Waals surface area (Å²) in [5.41, 5.74) is 0.113. The third-order valence-electron chi connectivity index (χ3n) is 4.29. The highest BCUT2D eigenvalue weighted by Gasteiger charge is 2.33. The van der Waals surface area contributed by atoms with Gasteiger partial charge in [-0.05, 0) is 31.1 Å². The first-order valence-electron chi connectivity index (χ1n) is 7.20. The molecule has 0 amide bonds. The fourth-order valence-corrected chi connectivity index (χ4v) is 5.16. The molecule has 1 aliphatic carbocycles. The van der Waals surface area contributed by atoms with Gasteiger partial charge < -0.3 is 4.74 Å². The number of hydrogen-bond donors (Lipinski definition) is 1. The van der Waals surface area contributed by atoms with Gasteiger partial charge in [0.15, 0.2) is 0 Å². The van der Waals surface area contributed by atoms with Crippen LogP contribution >= 0.6 is 15.9 Å². The maximum absolute atomic E-state index is 12.1. The van der Waals surface area contributed by atoms with Crippen LogP contribution in [0, 0.1) is 5.41 Å². The van der Waals surface area contributed by atoms with Gasteiger partial charge in [-0.3, -0.25) is 0 Å². The molecule has 2 aliphatic rings. The van der Waals surface area contributed by atoms with E-state index in [4.69, 9.17) is 4.74 Å². The summed E-state index contributed by atoms with van der Waals surface area (Å²) in [6.45, 7) is 1.26. The predicted molar refractivity (Wildman–Crippen MR) is 80.1 cm³/mol. The highest BCUT2D eigenvalue weighted by atomic mass is 79.9. The fourth-order valence-electron chi connectivity index (χ4n) is 3.00. The van der Waals surface area contributed by atoms with Crippen LogP contribution in [-0.4, -0.2) is 38.8 Å². The number of hydrogen-bond acceptors (Lipinski definition) is 3. The lowest BCUT2D eigenvalue weighted by molar-refractivity contribution is 0.127. The molecule has 1 N–H and O–H groups in total. The van der Waals surface area contributed by atoms with Crippen LogP contribution in [0.15, 0.2) is 0 Å². The van der Waals surface area contributed by atoms with Crippen molar-refractivity contribution >= 4 is 26.0 Å². The van der Waals surface area contributed by atoms with Gasteiger partial charge in [0.25, 0.3) is 0 Å². The van der Waals surface area contributed by atoms with E-state index in [2.05, 4.69) is 20.7 Å². The van der Waals surface area contributed by atoms with Crippen LogP contribution in [-0.2, 0) is 14.8 Å². The second-order valence-corrected chi connectivity index (χ2v) is 8.34. The number of sulfonamides is 1. The van der Waals surface area contributed by atoms with Gasteiger partial charge >= 0.3 is 0 Å². The summed E-state index contributed by atoms with van der Waals surface area (Å²) < 4.78 is 32.4. The van der Waals surface area contributed by atoms with E-state index in [9.17, 15) is 8.42 Å². The fraction of sp³-hybridized carbons (Fsp3) is 1.00. The minimum absolute atomic E-state index is 0.108. The molecule has 19 heavy (non-hydrogen) atoms. The zero-order valence-electron chi connectivity index (χ0n) is 11.4. The lowest BCUT2D eigenvalue weighted by Crippen LogP contribution is -2.42. The molecule has 4 nitrogen and oxygen atoms in total. The van der Waals surface area contributed by atoms with Crippen molar-refractivity contribution in [2.45, 2.75) is 51.0 Å². The summed E-state index contributed by atoms with van der Waals surface area (Å²) in [6.07, 6.45) is 7.65. The Morgan fingerprint density at radius 2 is 1.95 bits per heavy atom. The van der Waals surface area contributed by atoms with E-state index in [1.54, 1.807) is 0 Å². The van der Waals surface area contributed by atoms with Crippen LogP contribution < -0.4 is 4.72 Å². The Morgan fingerprint density at radius 1 is 1.21 bits per heavy atom. The molecule has 0 bridgehead atoms. The lowest BCUT2D eigenvalue weighted by Gasteiger charge is -2.35. The Balaban J connectivity index is 1.85. The quantitative estimate of drug-likeness (QED) is 0.746. The summed E-state index contributed by atoms with van der Waals surface area (Å²) in [4.78, 5) is 0. The number of alkyl halides is 1. The van der Waals surface area contributed by atoms with Gasteiger partial charge in [0.1, 0.15) is 0 Å². The maximum atomic E-state index is 12.1. The number of halogens is 1. The highest BCUT2D eigenvalue weighted by molar-refractivity contribution is 9.09. The third-order valence-corrected chi connectivity index (χ3v) is 6.88. The molecule has 2 rings (SSSR count). The molecule has 1 saturated carbocycles. The second kappa shape index (κ2) is 6.87. The second-order valence-electron chi connectivity index (χ2n) is 5.93. The summed E-state index contributed by atoms with van der Waals surface area (Å²) in [5.74, 6) is 0.116. The van der Waals surface area contributed by atoms with E-state index in [1.807, 2.05) is 0 Å². The first-order chi connectivity index (χ1) is 9.05. The molecule has 6 heteroatoms. The molecule has 1 aliphatic heterocycles. The van der Waals surface area contributed by atoms with Crippen LogP contribution in [0.4, 0.5) is 0 Å². The molecular weight excluding hydrogens is 330 g/mol. The predicted octanol–water partition coefficient (Wildman–Crippen LogP) is 2.43. The number of nitrogens with one attached hydrogen (secondary N) is 1. The normalized spacial score (nSPS) is 27.5. The minimum Gasteiger partial charge on any atom is -0.377 e. The zero-order valence-corrected chi connectivity index (χ0v) is 13.8. The Labute approximate surface area is 124 Å². The van der Waals surface area contributed by atoms with E-state index in [-0.39, 0.29) is 17.3 Å². The topological polar surface area (TPSA) is 55.4 Å². The Morgan fingerprint density at radius 3 is 2.53 bits per heavy atom. The van der Waals surface area contributed by atoms with Gasteiger partial charge in [0.2, 0.25) is 10.0 Å². The molecular formula is C13H24BrNO3S. The molecule has 0 spiro atoms. The molecule has 1 unspecified atom stereocenters. The zero-order chi connectivity index (χ0) is 13.8. The van der Waals surface area contributed by atoms with E-state index < -0.39 is 10.0 Å². The van der Waals surface area contributed by atoms with Crippen molar-refractivity contribution < 1.29 is 13.2 Å². The van der Waals surface area contributed by atoms with Gasteiger partial charge in [-0.25, -0.2) is 13.1 Å². The molecule has 0 aromatic rings. The number of rotatable bonds is 6. The highest BCUT2D eigenvalue weighted by Crippen LogP contribution is 2.37. The standard InChI is InChI=1S/C13H24BrNO3S/c14-10-13(6-2-1-3-7-13)11-15-19(16,17)9-12-5-4-8-18-12/h12,15H,1-11H2. The van der Waals surface area contributed by atoms with Crippen LogP contribution in [0.5, 0.6) is 0 Å². The first-order valence-corrected chi connectivity index (χ1v) is 9.98. The molecule has 112 valence electrons. The van der Waals surface area contributed by atoms with Gasteiger partial charge in [-0.15, -0.1) is 0 Å². The summed E-state index contributed by atoms with van der Waals surface area (Å²) in [5, 5.41) is 0.877. The largest absolute Gasteiger partial charge is 0.377 e. The Bertz CT molecular complexity index is 373. The van der Waals surface area contributed by atoms with Crippen molar-refractivity contribution in [2.75, 3.05) is 24.2 Å². The molecule has 1 heterocycles. The maximum Gasteiger partial charge on any atom is 0.214 e. The molecule has 1 saturated heterocycles. The van der Waals surface area contributed by atoms with Crippen molar-refractivity contribution in [3.63, 3.8) is 0 Å². The van der Waals surface area contributed by atoms with Gasteiger partial charge in [-0.2, -0.15) is 0 Å². The molecule has 2 fully saturated rings. The molecule has 1 atom stereocenters. The van der Waals surface area contributed by atoms with Gasteiger partial charge in [0, 0.05) is 18.5 Å². The van der Waals surface area contributed by atoms with Crippen molar-refractivity contribution in [3.05, 3.63) is 0 Å². The lowest BCUT2D eigenvalue weighted by atomic mass is 9.76. The summed E-state index contributed by atoms with van der Waals surface area (Å²) >= 11 is 3.56. The molecule has 0 aromatic carbocycles. The van der Waals surface area contributed by atoms with Gasteiger partial charge in [-0.1, -0.05) is 35.2 Å². The van der Waals surface area contributed by atoms with Crippen molar-refractivity contribution in [1.29, 1.82) is 0 Å². The molecule has 0 radical (unpaired) electrons. The van der Waals surface area contributed by atoms with Crippen molar-refractivity contribution in [2.24, 2.45) is 5.41 Å².